The quantitative estimate of drug-likeness (QED) is 0.527. The fourth-order valence-corrected chi connectivity index (χ4v) is 3.77. The van der Waals surface area contributed by atoms with Gasteiger partial charge in [0.25, 0.3) is 5.56 Å². The zero-order valence-electron chi connectivity index (χ0n) is 16.1. The molecule has 1 N–H and O–H groups in total. The summed E-state index contributed by atoms with van der Waals surface area (Å²) in [7, 11) is 0. The second kappa shape index (κ2) is 8.00. The van der Waals surface area contributed by atoms with Gasteiger partial charge in [0.2, 0.25) is 11.8 Å². The van der Waals surface area contributed by atoms with E-state index in [9.17, 15) is 9.59 Å². The predicted molar refractivity (Wildman–Crippen MR) is 112 cm³/mol. The topological polar surface area (TPSA) is 92.1 Å². The molecule has 0 spiro atoms. The highest BCUT2D eigenvalue weighted by Crippen LogP contribution is 2.26. The van der Waals surface area contributed by atoms with E-state index in [4.69, 9.17) is 4.42 Å². The number of H-pyrrole nitrogens is 1. The first-order chi connectivity index (χ1) is 14.0. The van der Waals surface area contributed by atoms with E-state index in [0.717, 1.165) is 4.88 Å². The normalized spacial score (nSPS) is 11.1. The molecule has 0 bridgehead atoms. The van der Waals surface area contributed by atoms with Crippen molar-refractivity contribution in [3.05, 3.63) is 69.4 Å². The van der Waals surface area contributed by atoms with Crippen molar-refractivity contribution in [2.24, 2.45) is 0 Å². The average molecular weight is 408 g/mol. The molecule has 0 saturated carbocycles. The van der Waals surface area contributed by atoms with Gasteiger partial charge in [-0.15, -0.1) is 11.3 Å². The molecular formula is C21H20N4O3S. The zero-order valence-corrected chi connectivity index (χ0v) is 17.0. The van der Waals surface area contributed by atoms with E-state index < -0.39 is 0 Å². The lowest BCUT2D eigenvalue weighted by Gasteiger charge is -2.20. The molecule has 0 atom stereocenters. The Balaban J connectivity index is 1.53. The lowest BCUT2D eigenvalue weighted by atomic mass is 10.2. The number of amides is 1. The molecule has 148 valence electrons. The number of aryl methyl sites for hydroxylation is 1. The van der Waals surface area contributed by atoms with Gasteiger partial charge in [0, 0.05) is 6.54 Å². The summed E-state index contributed by atoms with van der Waals surface area (Å²) in [4.78, 5) is 39.5. The first kappa shape index (κ1) is 19.1. The van der Waals surface area contributed by atoms with Crippen LogP contribution >= 0.6 is 11.3 Å². The second-order valence-electron chi connectivity index (χ2n) is 6.61. The fourth-order valence-electron chi connectivity index (χ4n) is 3.12. The Morgan fingerprint density at radius 1 is 1.21 bits per heavy atom. The van der Waals surface area contributed by atoms with Crippen LogP contribution in [0.5, 0.6) is 0 Å². The van der Waals surface area contributed by atoms with Gasteiger partial charge in [0.15, 0.2) is 0 Å². The van der Waals surface area contributed by atoms with Crippen LogP contribution in [0, 0.1) is 6.92 Å². The van der Waals surface area contributed by atoms with Crippen LogP contribution in [0.1, 0.15) is 24.2 Å². The van der Waals surface area contributed by atoms with Gasteiger partial charge in [-0.05, 0) is 37.4 Å². The molecule has 0 fully saturated rings. The molecule has 29 heavy (non-hydrogen) atoms. The number of fused-ring (bicyclic) bond motifs is 1. The number of para-hydroxylation sites is 1. The van der Waals surface area contributed by atoms with Crippen LogP contribution in [0.15, 0.2) is 51.0 Å². The highest BCUT2D eigenvalue weighted by molar-refractivity contribution is 7.13. The lowest BCUT2D eigenvalue weighted by molar-refractivity contribution is -0.131. The third-order valence-corrected chi connectivity index (χ3v) is 5.54. The van der Waals surface area contributed by atoms with Crippen molar-refractivity contribution in [1.29, 1.82) is 0 Å². The minimum atomic E-state index is -0.206. The summed E-state index contributed by atoms with van der Waals surface area (Å²) in [5, 5.41) is 2.49. The molecule has 7 nitrogen and oxygen atoms in total. The monoisotopic (exact) mass is 408 g/mol. The maximum Gasteiger partial charge on any atom is 0.258 e. The van der Waals surface area contributed by atoms with Gasteiger partial charge in [-0.25, -0.2) is 9.97 Å². The molecule has 3 aromatic heterocycles. The van der Waals surface area contributed by atoms with Crippen LogP contribution < -0.4 is 5.56 Å². The minimum Gasteiger partial charge on any atom is -0.440 e. The molecule has 4 rings (SSSR count). The summed E-state index contributed by atoms with van der Waals surface area (Å²) in [5.74, 6) is 1.52. The zero-order chi connectivity index (χ0) is 20.4. The Morgan fingerprint density at radius 2 is 2.03 bits per heavy atom. The minimum absolute atomic E-state index is 0.0996. The number of benzene rings is 1. The van der Waals surface area contributed by atoms with Crippen molar-refractivity contribution in [1.82, 2.24) is 19.9 Å². The number of hydrogen-bond donors (Lipinski definition) is 1. The number of aromatic nitrogens is 3. The summed E-state index contributed by atoms with van der Waals surface area (Å²) in [6, 6.07) is 11.0. The number of hydrogen-bond acceptors (Lipinski definition) is 6. The number of likely N-dealkylation sites (N-methyl/N-ethyl adjacent to an activating group) is 1. The number of carbonyl (C=O) groups is 1. The van der Waals surface area contributed by atoms with Crippen LogP contribution in [0.25, 0.3) is 21.7 Å². The van der Waals surface area contributed by atoms with Crippen molar-refractivity contribution >= 4 is 28.1 Å². The summed E-state index contributed by atoms with van der Waals surface area (Å²) in [6.07, 6.45) is 0.131. The maximum absolute atomic E-state index is 12.9. The highest BCUT2D eigenvalue weighted by atomic mass is 32.1. The first-order valence-corrected chi connectivity index (χ1v) is 10.2. The molecule has 0 unspecified atom stereocenters. The molecule has 0 saturated heterocycles. The van der Waals surface area contributed by atoms with Gasteiger partial charge in [0.1, 0.15) is 11.6 Å². The Kier molecular flexibility index (Phi) is 5.26. The summed E-state index contributed by atoms with van der Waals surface area (Å²) >= 11 is 1.54. The Morgan fingerprint density at radius 3 is 2.79 bits per heavy atom. The van der Waals surface area contributed by atoms with Crippen molar-refractivity contribution in [2.75, 3.05) is 6.54 Å². The molecule has 0 aliphatic heterocycles. The molecule has 4 aromatic rings. The Labute approximate surface area is 171 Å². The number of nitrogens with one attached hydrogen (secondary N) is 1. The molecule has 0 aliphatic rings. The third-order valence-electron chi connectivity index (χ3n) is 4.68. The summed E-state index contributed by atoms with van der Waals surface area (Å²) in [6.45, 7) is 4.42. The predicted octanol–water partition coefficient (Wildman–Crippen LogP) is 3.54. The number of nitrogens with zero attached hydrogens (tertiary/aromatic N) is 3. The van der Waals surface area contributed by atoms with Crippen molar-refractivity contribution in [3.63, 3.8) is 0 Å². The number of thiophene rings is 1. The molecule has 1 amide bonds. The van der Waals surface area contributed by atoms with Gasteiger partial charge >= 0.3 is 0 Å². The van der Waals surface area contributed by atoms with E-state index >= 15 is 0 Å². The van der Waals surface area contributed by atoms with E-state index in [-0.39, 0.29) is 24.4 Å². The molecule has 1 aromatic carbocycles. The van der Waals surface area contributed by atoms with Crippen LogP contribution in [-0.2, 0) is 17.8 Å². The van der Waals surface area contributed by atoms with E-state index in [2.05, 4.69) is 15.0 Å². The van der Waals surface area contributed by atoms with Gasteiger partial charge in [-0.2, -0.15) is 0 Å². The highest BCUT2D eigenvalue weighted by Gasteiger charge is 2.20. The van der Waals surface area contributed by atoms with Crippen LogP contribution in [0.3, 0.4) is 0 Å². The third kappa shape index (κ3) is 3.97. The molecule has 3 heterocycles. The smallest absolute Gasteiger partial charge is 0.258 e. The molecule has 0 radical (unpaired) electrons. The number of rotatable bonds is 6. The van der Waals surface area contributed by atoms with Crippen LogP contribution in [0.4, 0.5) is 0 Å². The first-order valence-electron chi connectivity index (χ1n) is 9.31. The van der Waals surface area contributed by atoms with E-state index in [1.165, 1.54) is 11.3 Å². The van der Waals surface area contributed by atoms with Crippen molar-refractivity contribution in [3.8, 4) is 10.8 Å². The van der Waals surface area contributed by atoms with Gasteiger partial charge < -0.3 is 14.3 Å². The van der Waals surface area contributed by atoms with Gasteiger partial charge in [-0.1, -0.05) is 18.2 Å². The molecule has 0 aliphatic carbocycles. The number of carbonyl (C=O) groups excluding carboxylic acids is 1. The number of oxazole rings is 1. The van der Waals surface area contributed by atoms with Crippen LogP contribution in [-0.4, -0.2) is 32.3 Å². The Bertz CT molecular complexity index is 1210. The Hall–Kier alpha value is -3.26. The molecular weight excluding hydrogens is 388 g/mol. The molecule has 8 heteroatoms. The van der Waals surface area contributed by atoms with Crippen molar-refractivity contribution in [2.45, 2.75) is 26.8 Å². The largest absolute Gasteiger partial charge is 0.440 e. The van der Waals surface area contributed by atoms with E-state index in [0.29, 0.717) is 40.6 Å². The summed E-state index contributed by atoms with van der Waals surface area (Å²) < 4.78 is 5.72. The van der Waals surface area contributed by atoms with E-state index in [1.807, 2.05) is 37.4 Å². The van der Waals surface area contributed by atoms with Gasteiger partial charge in [-0.3, -0.25) is 9.59 Å². The maximum atomic E-state index is 12.9. The summed E-state index contributed by atoms with van der Waals surface area (Å²) in [5.41, 5.74) is 1.03. The second-order valence-corrected chi connectivity index (χ2v) is 7.56. The number of aromatic amines is 1. The lowest BCUT2D eigenvalue weighted by Crippen LogP contribution is -2.33. The fraction of sp³-hybridized carbons (Fsp3) is 0.238. The SMILES string of the molecule is CCN(Cc1nc2ccccc2c(=O)[nH]1)C(=O)Cc1nc(-c2cccs2)oc1C. The average Bonchev–Trinajstić information content (AvgIpc) is 3.36. The van der Waals surface area contributed by atoms with Gasteiger partial charge in [0.05, 0.1) is 34.4 Å². The van der Waals surface area contributed by atoms with Crippen molar-refractivity contribution < 1.29 is 9.21 Å². The van der Waals surface area contributed by atoms with E-state index in [1.54, 1.807) is 23.1 Å². The van der Waals surface area contributed by atoms with Crippen LogP contribution in [0.2, 0.25) is 0 Å². The standard InChI is InChI=1S/C21H20N4O3S/c1-3-25(12-18-22-15-8-5-4-7-14(15)20(27)24-18)19(26)11-16-13(2)28-21(23-16)17-9-6-10-29-17/h4-10H,3,11-12H2,1-2H3,(H,22,24,27).